The van der Waals surface area contributed by atoms with E-state index in [9.17, 15) is 8.42 Å². The quantitative estimate of drug-likeness (QED) is 0.816. The molecule has 0 saturated carbocycles. The molecule has 1 aromatic heterocycles. The molecule has 0 radical (unpaired) electrons. The minimum atomic E-state index is -3.56. The van der Waals surface area contributed by atoms with Crippen molar-refractivity contribution in [1.29, 1.82) is 0 Å². The van der Waals surface area contributed by atoms with Crippen LogP contribution in [0.15, 0.2) is 33.7 Å². The number of sulfonamides is 1. The molecule has 140 valence electrons. The van der Waals surface area contributed by atoms with E-state index in [1.807, 2.05) is 19.1 Å². The third-order valence-electron chi connectivity index (χ3n) is 5.00. The lowest BCUT2D eigenvalue weighted by molar-refractivity contribution is -0.179. The van der Waals surface area contributed by atoms with Crippen molar-refractivity contribution in [3.63, 3.8) is 0 Å². The maximum absolute atomic E-state index is 13.1. The zero-order valence-corrected chi connectivity index (χ0v) is 15.7. The van der Waals surface area contributed by atoms with Crippen LogP contribution in [0, 0.1) is 13.8 Å². The largest absolute Gasteiger partial charge is 0.356 e. The van der Waals surface area contributed by atoms with Crippen molar-refractivity contribution in [3.05, 3.63) is 35.5 Å². The van der Waals surface area contributed by atoms with Crippen LogP contribution in [-0.2, 0) is 19.5 Å². The predicted octanol–water partition coefficient (Wildman–Crippen LogP) is 2.49. The molecule has 1 spiro atoms. The van der Waals surface area contributed by atoms with E-state index in [2.05, 4.69) is 5.16 Å². The maximum Gasteiger partial charge on any atom is 0.243 e. The first-order valence-corrected chi connectivity index (χ1v) is 10.2. The molecule has 0 N–H and O–H groups in total. The number of rotatable bonds is 3. The summed E-state index contributed by atoms with van der Waals surface area (Å²) in [6, 6.07) is 7.05. The highest BCUT2D eigenvalue weighted by atomic mass is 32.2. The Morgan fingerprint density at radius 3 is 2.35 bits per heavy atom. The van der Waals surface area contributed by atoms with E-state index >= 15 is 0 Å². The smallest absolute Gasteiger partial charge is 0.243 e. The summed E-state index contributed by atoms with van der Waals surface area (Å²) in [6.07, 6.45) is 1.11. The van der Waals surface area contributed by atoms with Gasteiger partial charge in [-0.05, 0) is 37.6 Å². The van der Waals surface area contributed by atoms with Gasteiger partial charge in [0.25, 0.3) is 0 Å². The number of hydrogen-bond acceptors (Lipinski definition) is 6. The summed E-state index contributed by atoms with van der Waals surface area (Å²) in [6.45, 7) is 5.59. The average Bonchev–Trinajstić information content (AvgIpc) is 3.24. The van der Waals surface area contributed by atoms with Gasteiger partial charge in [-0.15, -0.1) is 0 Å². The molecule has 26 heavy (non-hydrogen) atoms. The molecule has 2 aromatic rings. The fourth-order valence-electron chi connectivity index (χ4n) is 3.58. The van der Waals surface area contributed by atoms with Crippen LogP contribution < -0.4 is 0 Å². The summed E-state index contributed by atoms with van der Waals surface area (Å²) in [5.41, 5.74) is 2.28. The number of ether oxygens (including phenoxy) is 2. The molecule has 0 unspecified atom stereocenters. The second kappa shape index (κ2) is 6.45. The average molecular weight is 378 g/mol. The summed E-state index contributed by atoms with van der Waals surface area (Å²) in [5.74, 6) is 0.0414. The number of nitrogens with zero attached hydrogens (tertiary/aromatic N) is 2. The lowest BCUT2D eigenvalue weighted by Crippen LogP contribution is -2.47. The molecule has 1 aromatic carbocycles. The van der Waals surface area contributed by atoms with Crippen molar-refractivity contribution in [2.24, 2.45) is 0 Å². The van der Waals surface area contributed by atoms with Crippen molar-refractivity contribution in [2.45, 2.75) is 37.4 Å². The van der Waals surface area contributed by atoms with Gasteiger partial charge in [-0.2, -0.15) is 4.31 Å². The third kappa shape index (κ3) is 3.07. The maximum atomic E-state index is 13.1. The highest BCUT2D eigenvalue weighted by molar-refractivity contribution is 7.89. The van der Waals surface area contributed by atoms with E-state index in [4.69, 9.17) is 14.0 Å². The molecule has 2 aliphatic heterocycles. The van der Waals surface area contributed by atoms with Gasteiger partial charge in [0.2, 0.25) is 10.0 Å². The Kier molecular flexibility index (Phi) is 4.38. The molecule has 0 aliphatic carbocycles. The van der Waals surface area contributed by atoms with Crippen LogP contribution in [0.3, 0.4) is 0 Å². The molecule has 8 heteroatoms. The van der Waals surface area contributed by atoms with Crippen LogP contribution in [0.1, 0.15) is 24.1 Å². The summed E-state index contributed by atoms with van der Waals surface area (Å²) < 4.78 is 44.3. The first kappa shape index (κ1) is 17.7. The van der Waals surface area contributed by atoms with Gasteiger partial charge in [0, 0.05) is 37.6 Å². The van der Waals surface area contributed by atoms with Crippen molar-refractivity contribution >= 4 is 10.0 Å². The number of piperidine rings is 1. The summed E-state index contributed by atoms with van der Waals surface area (Å²) >= 11 is 0. The van der Waals surface area contributed by atoms with E-state index in [0.29, 0.717) is 55.4 Å². The Morgan fingerprint density at radius 2 is 1.77 bits per heavy atom. The van der Waals surface area contributed by atoms with Crippen molar-refractivity contribution in [2.75, 3.05) is 26.3 Å². The van der Waals surface area contributed by atoms with Crippen molar-refractivity contribution in [3.8, 4) is 11.3 Å². The summed E-state index contributed by atoms with van der Waals surface area (Å²) in [5, 5.41) is 3.88. The molecule has 2 fully saturated rings. The second-order valence-corrected chi connectivity index (χ2v) is 8.73. The Labute approximate surface area is 152 Å². The number of hydrogen-bond donors (Lipinski definition) is 0. The van der Waals surface area contributed by atoms with Crippen LogP contribution >= 0.6 is 0 Å². The predicted molar refractivity (Wildman–Crippen MR) is 94.0 cm³/mol. The zero-order valence-electron chi connectivity index (χ0n) is 14.9. The highest BCUT2D eigenvalue weighted by Crippen LogP contribution is 2.34. The Bertz CT molecular complexity index is 905. The van der Waals surface area contributed by atoms with Crippen LogP contribution in [0.2, 0.25) is 0 Å². The molecule has 0 atom stereocenters. The minimum Gasteiger partial charge on any atom is -0.356 e. The van der Waals surface area contributed by atoms with Gasteiger partial charge in [-0.3, -0.25) is 0 Å². The second-order valence-electron chi connectivity index (χ2n) is 6.82. The van der Waals surface area contributed by atoms with E-state index in [1.54, 1.807) is 19.1 Å². The Hall–Kier alpha value is -1.74. The van der Waals surface area contributed by atoms with E-state index in [1.165, 1.54) is 4.31 Å². The van der Waals surface area contributed by atoms with Crippen molar-refractivity contribution < 1.29 is 22.4 Å². The van der Waals surface area contributed by atoms with Crippen molar-refractivity contribution in [1.82, 2.24) is 9.46 Å². The molecule has 4 rings (SSSR count). The molecule has 0 amide bonds. The van der Waals surface area contributed by atoms with Gasteiger partial charge >= 0.3 is 0 Å². The summed E-state index contributed by atoms with van der Waals surface area (Å²) in [4.78, 5) is 0.321. The standard InChI is InChI=1S/C18H22N2O5S/c1-13-11-15(16-12-14(2)19-25-16)3-4-17(13)26(21,22)20-7-5-18(6-8-20)23-9-10-24-18/h3-4,11-12H,5-10H2,1-2H3. The van der Waals surface area contributed by atoms with Gasteiger partial charge < -0.3 is 14.0 Å². The van der Waals surface area contributed by atoms with Crippen LogP contribution in [0.25, 0.3) is 11.3 Å². The number of benzene rings is 1. The Balaban J connectivity index is 1.56. The molecular formula is C18H22N2O5S. The van der Waals surface area contributed by atoms with Gasteiger partial charge in [0.15, 0.2) is 11.5 Å². The zero-order chi connectivity index (χ0) is 18.4. The van der Waals surface area contributed by atoms with Gasteiger partial charge in [0.05, 0.1) is 23.8 Å². The lowest BCUT2D eigenvalue weighted by Gasteiger charge is -2.37. The van der Waals surface area contributed by atoms with Crippen LogP contribution in [0.4, 0.5) is 0 Å². The van der Waals surface area contributed by atoms with E-state index < -0.39 is 15.8 Å². The molecule has 2 saturated heterocycles. The van der Waals surface area contributed by atoms with E-state index in [-0.39, 0.29) is 0 Å². The highest BCUT2D eigenvalue weighted by Gasteiger charge is 2.42. The van der Waals surface area contributed by atoms with Gasteiger partial charge in [0.1, 0.15) is 0 Å². The summed E-state index contributed by atoms with van der Waals surface area (Å²) in [7, 11) is -3.56. The van der Waals surface area contributed by atoms with Crippen LogP contribution in [-0.4, -0.2) is 50.0 Å². The topological polar surface area (TPSA) is 81.9 Å². The molecule has 3 heterocycles. The fourth-order valence-corrected chi connectivity index (χ4v) is 5.23. The fraction of sp³-hybridized carbons (Fsp3) is 0.500. The monoisotopic (exact) mass is 378 g/mol. The first-order valence-electron chi connectivity index (χ1n) is 8.72. The normalized spacial score (nSPS) is 20.7. The Morgan fingerprint density at radius 1 is 1.08 bits per heavy atom. The van der Waals surface area contributed by atoms with Crippen LogP contribution in [0.5, 0.6) is 0 Å². The van der Waals surface area contributed by atoms with Gasteiger partial charge in [-0.25, -0.2) is 8.42 Å². The number of aromatic nitrogens is 1. The molecule has 7 nitrogen and oxygen atoms in total. The molecule has 2 aliphatic rings. The molecule has 0 bridgehead atoms. The third-order valence-corrected chi connectivity index (χ3v) is 7.06. The van der Waals surface area contributed by atoms with Gasteiger partial charge in [-0.1, -0.05) is 5.16 Å². The molecular weight excluding hydrogens is 356 g/mol. The SMILES string of the molecule is Cc1cc(-c2ccc(S(=O)(=O)N3CCC4(CC3)OCCO4)c(C)c2)on1. The van der Waals surface area contributed by atoms with E-state index in [0.717, 1.165) is 11.3 Å². The first-order chi connectivity index (χ1) is 12.4. The minimum absolute atomic E-state index is 0.321. The lowest BCUT2D eigenvalue weighted by atomic mass is 10.1. The number of aryl methyl sites for hydroxylation is 2.